The predicted molar refractivity (Wildman–Crippen MR) is 96.6 cm³/mol. The smallest absolute Gasteiger partial charge is 0.349 e. The fraction of sp³-hybridized carbons (Fsp3) is 0.381. The number of aryl methyl sites for hydroxylation is 2. The van der Waals surface area contributed by atoms with Gasteiger partial charge in [-0.05, 0) is 57.4 Å². The molecular weight excluding hydrogens is 316 g/mol. The van der Waals surface area contributed by atoms with E-state index in [0.717, 1.165) is 34.4 Å². The summed E-state index contributed by atoms with van der Waals surface area (Å²) in [4.78, 5) is 12.2. The molecule has 0 aliphatic carbocycles. The molecule has 132 valence electrons. The van der Waals surface area contributed by atoms with Gasteiger partial charge in [0.2, 0.25) is 0 Å². The second-order valence-corrected chi connectivity index (χ2v) is 7.20. The zero-order valence-electron chi connectivity index (χ0n) is 15.4. The first-order chi connectivity index (χ1) is 11.8. The highest BCUT2D eigenvalue weighted by Gasteiger charge is 2.32. The van der Waals surface area contributed by atoms with Gasteiger partial charge in [0.05, 0.1) is 0 Å². The van der Waals surface area contributed by atoms with Crippen LogP contribution in [-0.4, -0.2) is 18.2 Å². The van der Waals surface area contributed by atoms with E-state index in [1.807, 2.05) is 65.0 Å². The lowest BCUT2D eigenvalue weighted by molar-refractivity contribution is -0.136. The van der Waals surface area contributed by atoms with Crippen LogP contribution < -0.4 is 14.2 Å². The van der Waals surface area contributed by atoms with E-state index in [9.17, 15) is 4.79 Å². The van der Waals surface area contributed by atoms with Crippen LogP contribution in [0.3, 0.4) is 0 Å². The highest BCUT2D eigenvalue weighted by atomic mass is 16.6. The van der Waals surface area contributed by atoms with E-state index in [1.54, 1.807) is 0 Å². The summed E-state index contributed by atoms with van der Waals surface area (Å²) < 4.78 is 17.2. The molecule has 0 bridgehead atoms. The van der Waals surface area contributed by atoms with Gasteiger partial charge < -0.3 is 14.2 Å². The molecule has 1 heterocycles. The number of ether oxygens (including phenoxy) is 3. The molecule has 1 aliphatic heterocycles. The Morgan fingerprint density at radius 2 is 1.84 bits per heavy atom. The van der Waals surface area contributed by atoms with Crippen molar-refractivity contribution in [3.8, 4) is 17.2 Å². The Balaban J connectivity index is 1.69. The Morgan fingerprint density at radius 3 is 2.60 bits per heavy atom. The van der Waals surface area contributed by atoms with Gasteiger partial charge in [-0.15, -0.1) is 0 Å². The summed E-state index contributed by atoms with van der Waals surface area (Å²) in [5, 5.41) is 0. The first-order valence-corrected chi connectivity index (χ1v) is 8.48. The first kappa shape index (κ1) is 17.3. The molecule has 0 spiro atoms. The number of hydrogen-bond acceptors (Lipinski definition) is 4. The Hall–Kier alpha value is -2.49. The van der Waals surface area contributed by atoms with E-state index < -0.39 is 5.97 Å². The molecule has 4 nitrogen and oxygen atoms in total. The van der Waals surface area contributed by atoms with E-state index in [-0.39, 0.29) is 12.2 Å². The number of esters is 1. The minimum absolute atomic E-state index is 0.160. The van der Waals surface area contributed by atoms with Crippen LogP contribution >= 0.6 is 0 Å². The molecule has 1 aliphatic rings. The van der Waals surface area contributed by atoms with Gasteiger partial charge in [-0.3, -0.25) is 0 Å². The van der Waals surface area contributed by atoms with Gasteiger partial charge in [0.1, 0.15) is 11.4 Å². The van der Waals surface area contributed by atoms with Gasteiger partial charge in [-0.1, -0.05) is 24.3 Å². The zero-order chi connectivity index (χ0) is 18.2. The lowest BCUT2D eigenvalue weighted by Crippen LogP contribution is -2.25. The number of hydrogen-bond donors (Lipinski definition) is 0. The molecule has 0 fully saturated rings. The summed E-state index contributed by atoms with van der Waals surface area (Å²) in [6.07, 6.45) is 0.825. The monoisotopic (exact) mass is 340 g/mol. The second kappa shape index (κ2) is 6.43. The van der Waals surface area contributed by atoms with Crippen LogP contribution in [0.2, 0.25) is 0 Å². The molecule has 2 aromatic carbocycles. The summed E-state index contributed by atoms with van der Waals surface area (Å²) in [6.45, 7) is 9.78. The maximum absolute atomic E-state index is 12.2. The van der Waals surface area contributed by atoms with Crippen LogP contribution in [0.4, 0.5) is 0 Å². The fourth-order valence-electron chi connectivity index (χ4n) is 3.06. The summed E-state index contributed by atoms with van der Waals surface area (Å²) in [5.41, 5.74) is 3.84. The van der Waals surface area contributed by atoms with Gasteiger partial charge in [0.15, 0.2) is 18.1 Å². The number of para-hydroxylation sites is 1. The number of fused-ring (bicyclic) bond motifs is 1. The van der Waals surface area contributed by atoms with E-state index in [0.29, 0.717) is 11.5 Å². The van der Waals surface area contributed by atoms with E-state index in [1.165, 1.54) is 0 Å². The van der Waals surface area contributed by atoms with E-state index in [2.05, 4.69) is 0 Å². The van der Waals surface area contributed by atoms with Crippen molar-refractivity contribution in [2.45, 2.75) is 46.6 Å². The molecule has 0 saturated heterocycles. The van der Waals surface area contributed by atoms with Crippen molar-refractivity contribution < 1.29 is 19.0 Å². The Bertz CT molecular complexity index is 821. The van der Waals surface area contributed by atoms with Crippen LogP contribution in [0.25, 0.3) is 0 Å². The van der Waals surface area contributed by atoms with E-state index in [4.69, 9.17) is 14.2 Å². The highest BCUT2D eigenvalue weighted by molar-refractivity contribution is 5.75. The molecule has 25 heavy (non-hydrogen) atoms. The van der Waals surface area contributed by atoms with Gasteiger partial charge in [0, 0.05) is 12.0 Å². The molecule has 0 radical (unpaired) electrons. The number of carbonyl (C=O) groups is 1. The van der Waals surface area contributed by atoms with Crippen molar-refractivity contribution >= 4 is 5.97 Å². The number of carbonyl (C=O) groups excluding carboxylic acids is 1. The molecular formula is C21H24O4. The quantitative estimate of drug-likeness (QED) is 0.614. The molecule has 0 amide bonds. The van der Waals surface area contributed by atoms with Crippen molar-refractivity contribution in [1.82, 2.24) is 0 Å². The average Bonchev–Trinajstić information content (AvgIpc) is 2.87. The van der Waals surface area contributed by atoms with Crippen molar-refractivity contribution in [1.29, 1.82) is 0 Å². The minimum atomic E-state index is -0.424. The topological polar surface area (TPSA) is 44.8 Å². The zero-order valence-corrected chi connectivity index (χ0v) is 15.4. The number of rotatable bonds is 4. The Morgan fingerprint density at radius 1 is 1.12 bits per heavy atom. The normalized spacial score (nSPS) is 14.6. The lowest BCUT2D eigenvalue weighted by Gasteiger charge is -2.18. The third-order valence-electron chi connectivity index (χ3n) is 4.49. The highest BCUT2D eigenvalue weighted by Crippen LogP contribution is 2.41. The van der Waals surface area contributed by atoms with Gasteiger partial charge in [-0.25, -0.2) is 4.79 Å². The summed E-state index contributed by atoms with van der Waals surface area (Å²) >= 11 is 0. The largest absolute Gasteiger partial charge is 0.483 e. The van der Waals surface area contributed by atoms with Crippen LogP contribution in [0.5, 0.6) is 17.2 Å². The minimum Gasteiger partial charge on any atom is -0.483 e. The van der Waals surface area contributed by atoms with Gasteiger partial charge >= 0.3 is 5.97 Å². The van der Waals surface area contributed by atoms with Crippen molar-refractivity contribution in [3.63, 3.8) is 0 Å². The first-order valence-electron chi connectivity index (χ1n) is 8.48. The SMILES string of the molecule is Cc1ccc(C)c(OC(=O)COc2cccc3c2OC(C)(C)C3)c1C. The van der Waals surface area contributed by atoms with Crippen LogP contribution in [0, 0.1) is 20.8 Å². The third-order valence-corrected chi connectivity index (χ3v) is 4.49. The molecule has 0 N–H and O–H groups in total. The maximum atomic E-state index is 12.2. The van der Waals surface area contributed by atoms with Crippen LogP contribution in [-0.2, 0) is 11.2 Å². The lowest BCUT2D eigenvalue weighted by atomic mass is 10.0. The molecule has 0 saturated carbocycles. The Labute approximate surface area is 148 Å². The van der Waals surface area contributed by atoms with Crippen LogP contribution in [0.15, 0.2) is 30.3 Å². The van der Waals surface area contributed by atoms with Crippen molar-refractivity contribution in [2.75, 3.05) is 6.61 Å². The molecule has 4 heteroatoms. The van der Waals surface area contributed by atoms with Crippen molar-refractivity contribution in [2.24, 2.45) is 0 Å². The molecule has 0 unspecified atom stereocenters. The van der Waals surface area contributed by atoms with Crippen molar-refractivity contribution in [3.05, 3.63) is 52.6 Å². The third kappa shape index (κ3) is 3.63. The molecule has 2 aromatic rings. The summed E-state index contributed by atoms with van der Waals surface area (Å²) in [7, 11) is 0. The number of benzene rings is 2. The maximum Gasteiger partial charge on any atom is 0.349 e. The van der Waals surface area contributed by atoms with E-state index >= 15 is 0 Å². The fourth-order valence-corrected chi connectivity index (χ4v) is 3.06. The predicted octanol–water partition coefficient (Wildman–Crippen LogP) is 4.31. The molecule has 0 aromatic heterocycles. The molecule has 0 atom stereocenters. The average molecular weight is 340 g/mol. The summed E-state index contributed by atoms with van der Waals surface area (Å²) in [5.74, 6) is 1.50. The second-order valence-electron chi connectivity index (χ2n) is 7.20. The standard InChI is InChI=1S/C21H24O4/c1-13-9-10-14(2)19(15(13)3)24-18(22)12-23-17-8-6-7-16-11-21(4,5)25-20(16)17/h6-10H,11-12H2,1-5H3. The molecule has 3 rings (SSSR count). The van der Waals surface area contributed by atoms with Crippen LogP contribution in [0.1, 0.15) is 36.1 Å². The van der Waals surface area contributed by atoms with Gasteiger partial charge in [0.25, 0.3) is 0 Å². The summed E-state index contributed by atoms with van der Waals surface area (Å²) in [6, 6.07) is 9.72. The van der Waals surface area contributed by atoms with Gasteiger partial charge in [-0.2, -0.15) is 0 Å². The Kier molecular flexibility index (Phi) is 4.46.